The molecule has 0 aliphatic heterocycles. The Bertz CT molecular complexity index is 412. The van der Waals surface area contributed by atoms with Crippen LogP contribution in [0.15, 0.2) is 12.3 Å². The number of hydrogen-bond acceptors (Lipinski definition) is 4. The van der Waals surface area contributed by atoms with Gasteiger partial charge in [0.15, 0.2) is 5.82 Å². The Morgan fingerprint density at radius 2 is 2.12 bits per heavy atom. The van der Waals surface area contributed by atoms with Gasteiger partial charge in [0.05, 0.1) is 11.3 Å². The Kier molecular flexibility index (Phi) is 3.38. The van der Waals surface area contributed by atoms with Crippen molar-refractivity contribution in [2.24, 2.45) is 5.41 Å². The van der Waals surface area contributed by atoms with Gasteiger partial charge in [-0.2, -0.15) is 5.26 Å². The maximum absolute atomic E-state index is 8.88. The van der Waals surface area contributed by atoms with Crippen molar-refractivity contribution < 1.29 is 0 Å². The van der Waals surface area contributed by atoms with Gasteiger partial charge >= 0.3 is 0 Å². The highest BCUT2D eigenvalue weighted by Gasteiger charge is 2.17. The summed E-state index contributed by atoms with van der Waals surface area (Å²) in [4.78, 5) is 6.20. The monoisotopic (exact) mass is 218 g/mol. The van der Waals surface area contributed by atoms with Crippen molar-refractivity contribution in [3.8, 4) is 6.07 Å². The van der Waals surface area contributed by atoms with Crippen LogP contribution in [0.4, 0.5) is 11.5 Å². The second-order valence-corrected chi connectivity index (χ2v) is 5.12. The first-order chi connectivity index (χ1) is 7.35. The van der Waals surface area contributed by atoms with E-state index in [9.17, 15) is 0 Å². The van der Waals surface area contributed by atoms with Crippen molar-refractivity contribution in [3.05, 3.63) is 17.8 Å². The molecule has 4 heteroatoms. The molecule has 16 heavy (non-hydrogen) atoms. The van der Waals surface area contributed by atoms with E-state index < -0.39 is 0 Å². The fraction of sp³-hybridized carbons (Fsp3) is 0.500. The summed E-state index contributed by atoms with van der Waals surface area (Å²) >= 11 is 0. The maximum Gasteiger partial charge on any atom is 0.152 e. The number of pyridine rings is 1. The van der Waals surface area contributed by atoms with Crippen LogP contribution in [-0.2, 0) is 0 Å². The van der Waals surface area contributed by atoms with Gasteiger partial charge in [-0.05, 0) is 11.5 Å². The molecule has 1 rings (SSSR count). The van der Waals surface area contributed by atoms with Gasteiger partial charge in [-0.1, -0.05) is 20.8 Å². The van der Waals surface area contributed by atoms with Crippen molar-refractivity contribution in [1.82, 2.24) is 4.98 Å². The number of nitrogens with two attached hydrogens (primary N) is 1. The van der Waals surface area contributed by atoms with E-state index in [4.69, 9.17) is 11.0 Å². The van der Waals surface area contributed by atoms with Crippen molar-refractivity contribution >= 4 is 11.5 Å². The molecule has 0 radical (unpaired) electrons. The van der Waals surface area contributed by atoms with Crippen LogP contribution in [0.2, 0.25) is 0 Å². The SMILES string of the molecule is CN(CC(C)(C)C)c1nccc(C#N)c1N. The maximum atomic E-state index is 8.88. The van der Waals surface area contributed by atoms with E-state index >= 15 is 0 Å². The van der Waals surface area contributed by atoms with Crippen LogP contribution in [0.5, 0.6) is 0 Å². The van der Waals surface area contributed by atoms with Crippen molar-refractivity contribution in [2.45, 2.75) is 20.8 Å². The predicted octanol–water partition coefficient (Wildman–Crippen LogP) is 2.02. The van der Waals surface area contributed by atoms with E-state index in [2.05, 4.69) is 31.8 Å². The minimum atomic E-state index is 0.158. The fourth-order valence-corrected chi connectivity index (χ4v) is 1.65. The topological polar surface area (TPSA) is 65.9 Å². The van der Waals surface area contributed by atoms with E-state index in [0.717, 1.165) is 6.54 Å². The highest BCUT2D eigenvalue weighted by molar-refractivity contribution is 5.69. The summed E-state index contributed by atoms with van der Waals surface area (Å²) < 4.78 is 0. The summed E-state index contributed by atoms with van der Waals surface area (Å²) in [5.41, 5.74) is 6.98. The zero-order valence-electron chi connectivity index (χ0n) is 10.3. The molecular formula is C12H18N4. The third-order valence-corrected chi connectivity index (χ3v) is 2.16. The van der Waals surface area contributed by atoms with Crippen LogP contribution < -0.4 is 10.6 Å². The predicted molar refractivity (Wildman–Crippen MR) is 66.1 cm³/mol. The third kappa shape index (κ3) is 2.86. The minimum Gasteiger partial charge on any atom is -0.395 e. The number of aromatic nitrogens is 1. The van der Waals surface area contributed by atoms with Gasteiger partial charge in [-0.25, -0.2) is 4.98 Å². The van der Waals surface area contributed by atoms with Gasteiger partial charge < -0.3 is 10.6 Å². The standard InChI is InChI=1S/C12H18N4/c1-12(2,3)8-16(4)11-10(14)9(7-13)5-6-15-11/h5-6H,8,14H2,1-4H3. The molecule has 1 aromatic heterocycles. The molecule has 0 unspecified atom stereocenters. The Hall–Kier alpha value is -1.76. The Morgan fingerprint density at radius 1 is 1.50 bits per heavy atom. The summed E-state index contributed by atoms with van der Waals surface area (Å²) in [5.74, 6) is 0.675. The lowest BCUT2D eigenvalue weighted by molar-refractivity contribution is 0.418. The molecule has 0 fully saturated rings. The number of anilines is 2. The van der Waals surface area contributed by atoms with Gasteiger partial charge in [0.1, 0.15) is 6.07 Å². The summed E-state index contributed by atoms with van der Waals surface area (Å²) in [7, 11) is 1.94. The molecule has 86 valence electrons. The van der Waals surface area contributed by atoms with E-state index in [1.807, 2.05) is 11.9 Å². The molecule has 0 atom stereocenters. The smallest absolute Gasteiger partial charge is 0.152 e. The largest absolute Gasteiger partial charge is 0.395 e. The number of nitrogen functional groups attached to an aromatic ring is 1. The number of nitrogens with zero attached hydrogens (tertiary/aromatic N) is 3. The van der Waals surface area contributed by atoms with E-state index in [0.29, 0.717) is 17.1 Å². The molecular weight excluding hydrogens is 200 g/mol. The normalized spacial score (nSPS) is 10.9. The first-order valence-corrected chi connectivity index (χ1v) is 5.21. The van der Waals surface area contributed by atoms with Crippen LogP contribution in [0.3, 0.4) is 0 Å². The summed E-state index contributed by atoms with van der Waals surface area (Å²) in [5, 5.41) is 8.88. The highest BCUT2D eigenvalue weighted by atomic mass is 15.2. The molecule has 4 nitrogen and oxygen atoms in total. The van der Waals surface area contributed by atoms with Crippen molar-refractivity contribution in [3.63, 3.8) is 0 Å². The zero-order chi connectivity index (χ0) is 12.3. The molecule has 2 N–H and O–H groups in total. The van der Waals surface area contributed by atoms with Crippen molar-refractivity contribution in [2.75, 3.05) is 24.2 Å². The lowest BCUT2D eigenvalue weighted by Gasteiger charge is -2.28. The average molecular weight is 218 g/mol. The molecule has 0 spiro atoms. The average Bonchev–Trinajstić information content (AvgIpc) is 2.15. The Balaban J connectivity index is 3.01. The lowest BCUT2D eigenvalue weighted by Crippen LogP contribution is -2.30. The number of hydrogen-bond donors (Lipinski definition) is 1. The van der Waals surface area contributed by atoms with Crippen LogP contribution in [0.1, 0.15) is 26.3 Å². The van der Waals surface area contributed by atoms with E-state index in [-0.39, 0.29) is 5.41 Å². The Labute approximate surface area is 96.7 Å². The van der Waals surface area contributed by atoms with Crippen molar-refractivity contribution in [1.29, 1.82) is 5.26 Å². The van der Waals surface area contributed by atoms with E-state index in [1.165, 1.54) is 0 Å². The molecule has 0 aliphatic rings. The van der Waals surface area contributed by atoms with Crippen LogP contribution in [0.25, 0.3) is 0 Å². The molecule has 0 aromatic carbocycles. The van der Waals surface area contributed by atoms with Crippen LogP contribution in [0, 0.1) is 16.7 Å². The summed E-state index contributed by atoms with van der Waals surface area (Å²) in [6.07, 6.45) is 1.61. The number of nitriles is 1. The second-order valence-electron chi connectivity index (χ2n) is 5.12. The fourth-order valence-electron chi connectivity index (χ4n) is 1.65. The summed E-state index contributed by atoms with van der Waals surface area (Å²) in [6, 6.07) is 3.69. The Morgan fingerprint density at radius 3 is 2.62 bits per heavy atom. The molecule has 0 aliphatic carbocycles. The number of rotatable bonds is 2. The van der Waals surface area contributed by atoms with Gasteiger partial charge in [-0.15, -0.1) is 0 Å². The third-order valence-electron chi connectivity index (χ3n) is 2.16. The van der Waals surface area contributed by atoms with Crippen LogP contribution >= 0.6 is 0 Å². The van der Waals surface area contributed by atoms with Crippen LogP contribution in [-0.4, -0.2) is 18.6 Å². The molecule has 0 amide bonds. The van der Waals surface area contributed by atoms with Gasteiger partial charge in [-0.3, -0.25) is 0 Å². The molecule has 1 aromatic rings. The molecule has 0 bridgehead atoms. The highest BCUT2D eigenvalue weighted by Crippen LogP contribution is 2.25. The quantitative estimate of drug-likeness (QED) is 0.824. The molecule has 1 heterocycles. The van der Waals surface area contributed by atoms with Gasteiger partial charge in [0.2, 0.25) is 0 Å². The first kappa shape index (κ1) is 12.3. The first-order valence-electron chi connectivity index (χ1n) is 5.21. The zero-order valence-corrected chi connectivity index (χ0v) is 10.3. The lowest BCUT2D eigenvalue weighted by atomic mass is 9.96. The molecule has 0 saturated carbocycles. The second kappa shape index (κ2) is 4.40. The summed E-state index contributed by atoms with van der Waals surface area (Å²) in [6.45, 7) is 7.27. The molecule has 0 saturated heterocycles. The van der Waals surface area contributed by atoms with Gasteiger partial charge in [0, 0.05) is 19.8 Å². The van der Waals surface area contributed by atoms with Gasteiger partial charge in [0.25, 0.3) is 0 Å². The van der Waals surface area contributed by atoms with E-state index in [1.54, 1.807) is 12.3 Å². The minimum absolute atomic E-state index is 0.158.